The topological polar surface area (TPSA) is 67.2 Å². The molecule has 2 aromatic rings. The molecule has 0 bridgehead atoms. The van der Waals surface area contributed by atoms with E-state index in [0.29, 0.717) is 23.9 Å². The van der Waals surface area contributed by atoms with Gasteiger partial charge in [-0.1, -0.05) is 35.5 Å². The van der Waals surface area contributed by atoms with Crippen LogP contribution in [0.1, 0.15) is 29.8 Å². The van der Waals surface area contributed by atoms with Crippen LogP contribution in [0.5, 0.6) is 0 Å². The van der Waals surface area contributed by atoms with Gasteiger partial charge in [0.15, 0.2) is 11.5 Å². The van der Waals surface area contributed by atoms with Crippen molar-refractivity contribution in [1.29, 1.82) is 0 Å². The first-order valence-electron chi connectivity index (χ1n) is 7.84. The second-order valence-electron chi connectivity index (χ2n) is 5.70. The van der Waals surface area contributed by atoms with Crippen LogP contribution in [0.15, 0.2) is 40.9 Å². The number of rotatable bonds is 5. The molecule has 1 aliphatic rings. The van der Waals surface area contributed by atoms with Crippen LogP contribution in [-0.4, -0.2) is 30.7 Å². The Balaban J connectivity index is 0.00000192. The summed E-state index contributed by atoms with van der Waals surface area (Å²) in [4.78, 5) is 12.1. The number of carbonyl (C=O) groups is 1. The highest BCUT2D eigenvalue weighted by Gasteiger charge is 2.15. The number of benzene rings is 1. The van der Waals surface area contributed by atoms with E-state index in [0.717, 1.165) is 25.1 Å². The van der Waals surface area contributed by atoms with Crippen LogP contribution < -0.4 is 10.6 Å². The summed E-state index contributed by atoms with van der Waals surface area (Å²) in [5.41, 5.74) is 1.25. The molecule has 1 atom stereocenters. The number of hydrogen-bond donors (Lipinski definition) is 2. The molecule has 5 nitrogen and oxygen atoms in total. The van der Waals surface area contributed by atoms with Crippen molar-refractivity contribution in [3.05, 3.63) is 42.1 Å². The molecule has 2 heterocycles. The van der Waals surface area contributed by atoms with Crippen LogP contribution in [0.25, 0.3) is 11.3 Å². The lowest BCUT2D eigenvalue weighted by molar-refractivity contribution is 0.0941. The van der Waals surface area contributed by atoms with Crippen molar-refractivity contribution in [2.24, 2.45) is 5.92 Å². The SMILES string of the molecule is Cl.O=C(NCCC1CCCNC1)c1cc(-c2ccccc2)on1. The summed E-state index contributed by atoms with van der Waals surface area (Å²) in [7, 11) is 0. The number of hydrogen-bond acceptors (Lipinski definition) is 4. The van der Waals surface area contributed by atoms with Gasteiger partial charge in [0.1, 0.15) is 0 Å². The maximum atomic E-state index is 12.1. The number of piperidine rings is 1. The lowest BCUT2D eigenvalue weighted by Gasteiger charge is -2.22. The van der Waals surface area contributed by atoms with Crippen molar-refractivity contribution in [3.8, 4) is 11.3 Å². The van der Waals surface area contributed by atoms with Gasteiger partial charge >= 0.3 is 0 Å². The van der Waals surface area contributed by atoms with Crippen LogP contribution in [0, 0.1) is 5.92 Å². The Morgan fingerprint density at radius 3 is 2.91 bits per heavy atom. The fourth-order valence-electron chi connectivity index (χ4n) is 2.77. The standard InChI is InChI=1S/C17H21N3O2.ClH/c21-17(19-10-8-13-5-4-9-18-12-13)15-11-16(22-20-15)14-6-2-1-3-7-14;/h1-3,6-7,11,13,18H,4-5,8-10,12H2,(H,19,21);1H. The van der Waals surface area contributed by atoms with Crippen LogP contribution in [0.3, 0.4) is 0 Å². The predicted molar refractivity (Wildman–Crippen MR) is 91.7 cm³/mol. The van der Waals surface area contributed by atoms with E-state index in [9.17, 15) is 4.79 Å². The fraction of sp³-hybridized carbons (Fsp3) is 0.412. The van der Waals surface area contributed by atoms with Gasteiger partial charge in [-0.05, 0) is 38.3 Å². The largest absolute Gasteiger partial charge is 0.355 e. The molecule has 0 aliphatic carbocycles. The number of amides is 1. The van der Waals surface area contributed by atoms with Crippen LogP contribution in [-0.2, 0) is 0 Å². The summed E-state index contributed by atoms with van der Waals surface area (Å²) in [5.74, 6) is 1.10. The first-order valence-corrected chi connectivity index (χ1v) is 7.84. The van der Waals surface area contributed by atoms with Crippen molar-refractivity contribution >= 4 is 18.3 Å². The molecule has 1 fully saturated rings. The van der Waals surface area contributed by atoms with Gasteiger partial charge < -0.3 is 15.2 Å². The zero-order valence-corrected chi connectivity index (χ0v) is 13.8. The predicted octanol–water partition coefficient (Wildman–Crippen LogP) is 2.88. The molecule has 1 unspecified atom stereocenters. The first-order chi connectivity index (χ1) is 10.8. The highest BCUT2D eigenvalue weighted by atomic mass is 35.5. The second kappa shape index (κ2) is 8.70. The Labute approximate surface area is 142 Å². The van der Waals surface area contributed by atoms with Crippen LogP contribution in [0.2, 0.25) is 0 Å². The van der Waals surface area contributed by atoms with Crippen LogP contribution in [0.4, 0.5) is 0 Å². The van der Waals surface area contributed by atoms with Crippen LogP contribution >= 0.6 is 12.4 Å². The molecule has 1 aromatic carbocycles. The van der Waals surface area contributed by atoms with Gasteiger partial charge in [0, 0.05) is 18.2 Å². The van der Waals surface area contributed by atoms with Crippen molar-refractivity contribution in [2.45, 2.75) is 19.3 Å². The maximum absolute atomic E-state index is 12.1. The van der Waals surface area contributed by atoms with E-state index < -0.39 is 0 Å². The molecule has 0 spiro atoms. The summed E-state index contributed by atoms with van der Waals surface area (Å²) >= 11 is 0. The van der Waals surface area contributed by atoms with E-state index in [1.165, 1.54) is 12.8 Å². The minimum atomic E-state index is -0.172. The second-order valence-corrected chi connectivity index (χ2v) is 5.70. The number of nitrogens with zero attached hydrogens (tertiary/aromatic N) is 1. The number of halogens is 1. The quantitative estimate of drug-likeness (QED) is 0.881. The monoisotopic (exact) mass is 335 g/mol. The van der Waals surface area contributed by atoms with Crippen molar-refractivity contribution in [2.75, 3.05) is 19.6 Å². The highest BCUT2D eigenvalue weighted by molar-refractivity contribution is 5.93. The molecular formula is C17H22ClN3O2. The van der Waals surface area contributed by atoms with E-state index in [1.807, 2.05) is 30.3 Å². The van der Waals surface area contributed by atoms with E-state index in [2.05, 4.69) is 15.8 Å². The van der Waals surface area contributed by atoms with Gasteiger partial charge in [0.05, 0.1) is 0 Å². The summed E-state index contributed by atoms with van der Waals surface area (Å²) in [6.45, 7) is 2.85. The van der Waals surface area contributed by atoms with E-state index in [4.69, 9.17) is 4.52 Å². The van der Waals surface area contributed by atoms with E-state index in [1.54, 1.807) is 6.07 Å². The zero-order chi connectivity index (χ0) is 15.2. The Morgan fingerprint density at radius 2 is 2.17 bits per heavy atom. The summed E-state index contributed by atoms with van der Waals surface area (Å²) in [6.07, 6.45) is 3.47. The minimum absolute atomic E-state index is 0. The fourth-order valence-corrected chi connectivity index (χ4v) is 2.77. The first kappa shape index (κ1) is 17.5. The molecule has 0 radical (unpaired) electrons. The number of carbonyl (C=O) groups excluding carboxylic acids is 1. The highest BCUT2D eigenvalue weighted by Crippen LogP contribution is 2.19. The molecule has 23 heavy (non-hydrogen) atoms. The van der Waals surface area contributed by atoms with Crippen molar-refractivity contribution in [3.63, 3.8) is 0 Å². The van der Waals surface area contributed by atoms with Crippen molar-refractivity contribution < 1.29 is 9.32 Å². The summed E-state index contributed by atoms with van der Waals surface area (Å²) < 4.78 is 5.25. The number of nitrogens with one attached hydrogen (secondary N) is 2. The number of aromatic nitrogens is 1. The van der Waals surface area contributed by atoms with Gasteiger partial charge in [-0.15, -0.1) is 12.4 Å². The maximum Gasteiger partial charge on any atom is 0.273 e. The molecular weight excluding hydrogens is 314 g/mol. The molecule has 2 N–H and O–H groups in total. The Hall–Kier alpha value is -1.85. The van der Waals surface area contributed by atoms with Gasteiger partial charge in [-0.3, -0.25) is 4.79 Å². The molecule has 6 heteroatoms. The smallest absolute Gasteiger partial charge is 0.273 e. The molecule has 1 aliphatic heterocycles. The van der Waals surface area contributed by atoms with E-state index >= 15 is 0 Å². The summed E-state index contributed by atoms with van der Waals surface area (Å²) in [6, 6.07) is 11.3. The molecule has 3 rings (SSSR count). The molecule has 1 saturated heterocycles. The third-order valence-corrected chi connectivity index (χ3v) is 4.04. The van der Waals surface area contributed by atoms with Gasteiger partial charge in [-0.2, -0.15) is 0 Å². The molecule has 1 aromatic heterocycles. The van der Waals surface area contributed by atoms with E-state index in [-0.39, 0.29) is 18.3 Å². The molecule has 0 saturated carbocycles. The third-order valence-electron chi connectivity index (χ3n) is 4.04. The molecule has 1 amide bonds. The average molecular weight is 336 g/mol. The summed E-state index contributed by atoms with van der Waals surface area (Å²) in [5, 5.41) is 10.2. The Bertz CT molecular complexity index is 609. The lowest BCUT2D eigenvalue weighted by Crippen LogP contribution is -2.33. The molecule has 124 valence electrons. The normalized spacial score (nSPS) is 17.3. The zero-order valence-electron chi connectivity index (χ0n) is 13.0. The Kier molecular flexibility index (Phi) is 6.62. The third kappa shape index (κ3) is 4.81. The average Bonchev–Trinajstić information content (AvgIpc) is 3.07. The van der Waals surface area contributed by atoms with Gasteiger partial charge in [0.2, 0.25) is 0 Å². The van der Waals surface area contributed by atoms with Gasteiger partial charge in [-0.25, -0.2) is 0 Å². The van der Waals surface area contributed by atoms with Crippen molar-refractivity contribution in [1.82, 2.24) is 15.8 Å². The lowest BCUT2D eigenvalue weighted by atomic mass is 9.96. The Morgan fingerprint density at radius 1 is 1.35 bits per heavy atom. The van der Waals surface area contributed by atoms with Gasteiger partial charge in [0.25, 0.3) is 5.91 Å². The minimum Gasteiger partial charge on any atom is -0.355 e.